The number of nitriles is 2. The van der Waals surface area contributed by atoms with Crippen molar-refractivity contribution in [3.63, 3.8) is 0 Å². The zero-order valence-electron chi connectivity index (χ0n) is 11.5. The summed E-state index contributed by atoms with van der Waals surface area (Å²) in [5.74, 6) is 0.517. The van der Waals surface area contributed by atoms with E-state index in [1.807, 2.05) is 44.2 Å². The molecular formula is C16H15N3O. The van der Waals surface area contributed by atoms with Crippen LogP contribution in [-0.2, 0) is 4.74 Å². The lowest BCUT2D eigenvalue weighted by molar-refractivity contribution is 0.317. The fraction of sp³-hybridized carbons (Fsp3) is 0.250. The zero-order valence-corrected chi connectivity index (χ0v) is 11.5. The van der Waals surface area contributed by atoms with E-state index in [0.717, 1.165) is 5.56 Å². The van der Waals surface area contributed by atoms with Crippen LogP contribution in [0, 0.1) is 28.1 Å². The summed E-state index contributed by atoms with van der Waals surface area (Å²) in [4.78, 5) is 0. The van der Waals surface area contributed by atoms with E-state index in [1.54, 1.807) is 0 Å². The van der Waals surface area contributed by atoms with Gasteiger partial charge in [-0.2, -0.15) is 10.5 Å². The molecule has 1 aromatic carbocycles. The van der Waals surface area contributed by atoms with Gasteiger partial charge in [0.1, 0.15) is 11.6 Å². The van der Waals surface area contributed by atoms with Crippen LogP contribution in [0.4, 0.5) is 0 Å². The number of nitrogens with two attached hydrogens (primary N) is 1. The molecule has 0 fully saturated rings. The minimum atomic E-state index is -0.711. The van der Waals surface area contributed by atoms with Gasteiger partial charge in [0.15, 0.2) is 5.76 Å². The molecule has 1 aliphatic heterocycles. The van der Waals surface area contributed by atoms with E-state index in [2.05, 4.69) is 12.1 Å². The minimum absolute atomic E-state index is 0.0784. The van der Waals surface area contributed by atoms with Gasteiger partial charge in [0, 0.05) is 11.0 Å². The second-order valence-corrected chi connectivity index (χ2v) is 4.82. The maximum atomic E-state index is 9.53. The van der Waals surface area contributed by atoms with Gasteiger partial charge in [-0.05, 0) is 13.3 Å². The maximum absolute atomic E-state index is 9.53. The lowest BCUT2D eigenvalue weighted by atomic mass is 9.72. The van der Waals surface area contributed by atoms with E-state index in [1.165, 1.54) is 0 Å². The molecule has 0 amide bonds. The van der Waals surface area contributed by atoms with Crippen LogP contribution in [0.3, 0.4) is 0 Å². The molecule has 0 radical (unpaired) electrons. The Morgan fingerprint density at radius 3 is 2.25 bits per heavy atom. The van der Waals surface area contributed by atoms with Crippen molar-refractivity contribution in [2.75, 3.05) is 0 Å². The number of hydrogen-bond acceptors (Lipinski definition) is 4. The summed E-state index contributed by atoms with van der Waals surface area (Å²) in [6.07, 6.45) is 0.596. The number of ether oxygens (including phenoxy) is 1. The van der Waals surface area contributed by atoms with Gasteiger partial charge in [-0.15, -0.1) is 0 Å². The minimum Gasteiger partial charge on any atom is -0.439 e. The summed E-state index contributed by atoms with van der Waals surface area (Å²) < 4.78 is 5.57. The number of allylic oxidation sites excluding steroid dienone is 2. The first-order valence-electron chi connectivity index (χ1n) is 6.37. The predicted molar refractivity (Wildman–Crippen MR) is 75.3 cm³/mol. The summed E-state index contributed by atoms with van der Waals surface area (Å²) in [5.41, 5.74) is 6.70. The van der Waals surface area contributed by atoms with Gasteiger partial charge in [0.2, 0.25) is 5.88 Å². The van der Waals surface area contributed by atoms with E-state index < -0.39 is 5.41 Å². The molecule has 0 bridgehead atoms. The smallest absolute Gasteiger partial charge is 0.205 e. The van der Waals surface area contributed by atoms with Crippen molar-refractivity contribution in [1.82, 2.24) is 0 Å². The standard InChI is InChI=1S/C16H15N3O/c1-3-16(2)12(9-17)14(11-7-5-4-6-8-11)20-15(19)13(16)10-18/h4-8H,3,19H2,1-2H3. The van der Waals surface area contributed by atoms with E-state index in [4.69, 9.17) is 10.5 Å². The van der Waals surface area contributed by atoms with Crippen molar-refractivity contribution in [2.24, 2.45) is 11.1 Å². The van der Waals surface area contributed by atoms with Crippen LogP contribution in [0.1, 0.15) is 25.8 Å². The highest BCUT2D eigenvalue weighted by molar-refractivity contribution is 5.72. The van der Waals surface area contributed by atoms with Crippen LogP contribution in [0.25, 0.3) is 5.76 Å². The van der Waals surface area contributed by atoms with Crippen LogP contribution in [0.2, 0.25) is 0 Å². The molecule has 0 aromatic heterocycles. The van der Waals surface area contributed by atoms with Crippen molar-refractivity contribution < 1.29 is 4.74 Å². The number of rotatable bonds is 2. The van der Waals surface area contributed by atoms with Crippen LogP contribution < -0.4 is 5.73 Å². The molecule has 1 unspecified atom stereocenters. The molecule has 0 saturated carbocycles. The molecular weight excluding hydrogens is 250 g/mol. The van der Waals surface area contributed by atoms with E-state index >= 15 is 0 Å². The lowest BCUT2D eigenvalue weighted by Gasteiger charge is -2.33. The zero-order chi connectivity index (χ0) is 14.8. The largest absolute Gasteiger partial charge is 0.439 e. The molecule has 0 aliphatic carbocycles. The highest BCUT2D eigenvalue weighted by Gasteiger charge is 2.41. The van der Waals surface area contributed by atoms with Gasteiger partial charge in [0.05, 0.1) is 11.6 Å². The molecule has 2 N–H and O–H groups in total. The first-order valence-corrected chi connectivity index (χ1v) is 6.37. The average Bonchev–Trinajstić information content (AvgIpc) is 2.48. The Balaban J connectivity index is 2.70. The van der Waals surface area contributed by atoms with Crippen molar-refractivity contribution in [2.45, 2.75) is 20.3 Å². The summed E-state index contributed by atoms with van der Waals surface area (Å²) in [6.45, 7) is 3.78. The van der Waals surface area contributed by atoms with Gasteiger partial charge in [-0.3, -0.25) is 0 Å². The Morgan fingerprint density at radius 1 is 1.15 bits per heavy atom. The third-order valence-electron chi connectivity index (χ3n) is 3.76. The molecule has 2 rings (SSSR count). The fourth-order valence-electron chi connectivity index (χ4n) is 2.36. The van der Waals surface area contributed by atoms with Crippen molar-refractivity contribution in [3.05, 3.63) is 52.9 Å². The summed E-state index contributed by atoms with van der Waals surface area (Å²) in [5, 5.41) is 18.8. The Labute approximate surface area is 118 Å². The highest BCUT2D eigenvalue weighted by atomic mass is 16.5. The van der Waals surface area contributed by atoms with Gasteiger partial charge in [-0.1, -0.05) is 37.3 Å². The molecule has 100 valence electrons. The van der Waals surface area contributed by atoms with Gasteiger partial charge in [0.25, 0.3) is 0 Å². The maximum Gasteiger partial charge on any atom is 0.205 e. The Hall–Kier alpha value is -2.72. The van der Waals surface area contributed by atoms with Crippen molar-refractivity contribution >= 4 is 5.76 Å². The Kier molecular flexibility index (Phi) is 3.50. The number of nitrogens with zero attached hydrogens (tertiary/aromatic N) is 2. The van der Waals surface area contributed by atoms with Crippen LogP contribution in [-0.4, -0.2) is 0 Å². The molecule has 4 nitrogen and oxygen atoms in total. The van der Waals surface area contributed by atoms with Crippen molar-refractivity contribution in [1.29, 1.82) is 10.5 Å². The number of hydrogen-bond donors (Lipinski definition) is 1. The molecule has 0 saturated heterocycles. The summed E-state index contributed by atoms with van der Waals surface area (Å²) >= 11 is 0. The Bertz CT molecular complexity index is 674. The van der Waals surface area contributed by atoms with E-state index in [9.17, 15) is 10.5 Å². The summed E-state index contributed by atoms with van der Waals surface area (Å²) in [7, 11) is 0. The molecule has 1 aromatic rings. The monoisotopic (exact) mass is 265 g/mol. The molecule has 1 aliphatic rings. The predicted octanol–water partition coefficient (Wildman–Crippen LogP) is 3.06. The van der Waals surface area contributed by atoms with Crippen molar-refractivity contribution in [3.8, 4) is 12.1 Å². The number of benzene rings is 1. The normalized spacial score (nSPS) is 22.0. The first-order chi connectivity index (χ1) is 9.58. The molecule has 0 spiro atoms. The first kappa shape index (κ1) is 13.7. The average molecular weight is 265 g/mol. The quantitative estimate of drug-likeness (QED) is 0.890. The van der Waals surface area contributed by atoms with E-state index in [0.29, 0.717) is 23.3 Å². The molecule has 4 heteroatoms. The third kappa shape index (κ3) is 1.92. The lowest BCUT2D eigenvalue weighted by Crippen LogP contribution is -2.29. The highest BCUT2D eigenvalue weighted by Crippen LogP contribution is 2.46. The fourth-order valence-corrected chi connectivity index (χ4v) is 2.36. The Morgan fingerprint density at radius 2 is 1.75 bits per heavy atom. The SMILES string of the molecule is CCC1(C)C(C#N)=C(N)OC(c2ccccc2)=C1C#N. The van der Waals surface area contributed by atoms with Crippen LogP contribution in [0.15, 0.2) is 47.4 Å². The molecule has 1 heterocycles. The van der Waals surface area contributed by atoms with Crippen LogP contribution in [0.5, 0.6) is 0 Å². The topological polar surface area (TPSA) is 82.8 Å². The molecule has 20 heavy (non-hydrogen) atoms. The molecule has 1 atom stereocenters. The third-order valence-corrected chi connectivity index (χ3v) is 3.76. The van der Waals surface area contributed by atoms with Gasteiger partial charge in [-0.25, -0.2) is 0 Å². The van der Waals surface area contributed by atoms with Gasteiger partial charge < -0.3 is 10.5 Å². The second kappa shape index (κ2) is 5.11. The van der Waals surface area contributed by atoms with Crippen LogP contribution >= 0.6 is 0 Å². The van der Waals surface area contributed by atoms with E-state index in [-0.39, 0.29) is 5.88 Å². The van der Waals surface area contributed by atoms with Gasteiger partial charge >= 0.3 is 0 Å². The summed E-state index contributed by atoms with van der Waals surface area (Å²) in [6, 6.07) is 13.6. The second-order valence-electron chi connectivity index (χ2n) is 4.82.